The summed E-state index contributed by atoms with van der Waals surface area (Å²) >= 11 is 0. The van der Waals surface area contributed by atoms with Gasteiger partial charge in [0.05, 0.1) is 0 Å². The fraction of sp³-hybridized carbons (Fsp3) is 0.500. The van der Waals surface area contributed by atoms with E-state index < -0.39 is 0 Å². The van der Waals surface area contributed by atoms with Crippen LogP contribution in [-0.2, 0) is 6.42 Å². The molecule has 1 heterocycles. The Morgan fingerprint density at radius 3 is 2.60 bits per heavy atom. The van der Waals surface area contributed by atoms with E-state index in [1.54, 1.807) is 0 Å². The lowest BCUT2D eigenvalue weighted by molar-refractivity contribution is 0.376. The molecule has 1 aliphatic rings. The van der Waals surface area contributed by atoms with Crippen molar-refractivity contribution in [3.8, 4) is 0 Å². The summed E-state index contributed by atoms with van der Waals surface area (Å²) in [6.45, 7) is 2.36. The van der Waals surface area contributed by atoms with Gasteiger partial charge in [-0.3, -0.25) is 0 Å². The zero-order chi connectivity index (χ0) is 9.80. The Hall–Kier alpha value is -0.730. The lowest BCUT2D eigenvalue weighted by Gasteiger charge is -2.22. The maximum absolute atomic E-state index is 5.65. The Labute approximate surface area is 97.7 Å². The topological polar surface area (TPSA) is 38.0 Å². The van der Waals surface area contributed by atoms with Gasteiger partial charge in [-0.2, -0.15) is 0 Å². The molecule has 1 fully saturated rings. The molecule has 1 saturated heterocycles. The predicted molar refractivity (Wildman–Crippen MR) is 67.4 cm³/mol. The van der Waals surface area contributed by atoms with Crippen LogP contribution < -0.4 is 11.1 Å². The van der Waals surface area contributed by atoms with Crippen molar-refractivity contribution in [2.45, 2.75) is 19.3 Å². The van der Waals surface area contributed by atoms with Crippen molar-refractivity contribution in [3.05, 3.63) is 29.8 Å². The number of nitrogens with two attached hydrogens (primary N) is 1. The van der Waals surface area contributed by atoms with E-state index in [-0.39, 0.29) is 12.4 Å². The van der Waals surface area contributed by atoms with Crippen LogP contribution in [0.4, 0.5) is 5.69 Å². The number of anilines is 1. The summed E-state index contributed by atoms with van der Waals surface area (Å²) in [6, 6.07) is 8.27. The van der Waals surface area contributed by atoms with Gasteiger partial charge in [-0.05, 0) is 56.0 Å². The van der Waals surface area contributed by atoms with Crippen LogP contribution >= 0.6 is 12.4 Å². The van der Waals surface area contributed by atoms with Crippen LogP contribution in [0.25, 0.3) is 0 Å². The van der Waals surface area contributed by atoms with Gasteiger partial charge in [0.2, 0.25) is 0 Å². The molecule has 0 aliphatic carbocycles. The first-order valence-electron chi connectivity index (χ1n) is 5.40. The molecule has 0 saturated carbocycles. The van der Waals surface area contributed by atoms with Crippen molar-refractivity contribution in [2.75, 3.05) is 18.8 Å². The molecule has 1 aromatic rings. The van der Waals surface area contributed by atoms with Crippen LogP contribution in [-0.4, -0.2) is 13.1 Å². The number of nitrogens with one attached hydrogen (secondary N) is 1. The molecular formula is C12H19ClN2. The van der Waals surface area contributed by atoms with Crippen molar-refractivity contribution in [3.63, 3.8) is 0 Å². The number of benzene rings is 1. The second-order valence-electron chi connectivity index (χ2n) is 4.16. The van der Waals surface area contributed by atoms with E-state index in [1.165, 1.54) is 37.9 Å². The lowest BCUT2D eigenvalue weighted by Crippen LogP contribution is -2.30. The van der Waals surface area contributed by atoms with Crippen LogP contribution in [0.3, 0.4) is 0 Å². The lowest BCUT2D eigenvalue weighted by atomic mass is 9.92. The zero-order valence-corrected chi connectivity index (χ0v) is 9.72. The molecule has 0 spiro atoms. The third-order valence-corrected chi connectivity index (χ3v) is 2.90. The summed E-state index contributed by atoms with van der Waals surface area (Å²) in [4.78, 5) is 0. The Bertz CT molecular complexity index is 278. The van der Waals surface area contributed by atoms with Crippen molar-refractivity contribution in [1.82, 2.24) is 5.32 Å². The Morgan fingerprint density at radius 1 is 1.27 bits per heavy atom. The predicted octanol–water partition coefficient (Wildman–Crippen LogP) is 2.23. The molecule has 15 heavy (non-hydrogen) atoms. The molecule has 2 rings (SSSR count). The molecule has 0 radical (unpaired) electrons. The molecule has 0 amide bonds. The van der Waals surface area contributed by atoms with Crippen LogP contribution in [0, 0.1) is 5.92 Å². The smallest absolute Gasteiger partial charge is 0.0314 e. The Morgan fingerprint density at radius 2 is 2.00 bits per heavy atom. The molecule has 1 unspecified atom stereocenters. The molecule has 0 aromatic heterocycles. The summed E-state index contributed by atoms with van der Waals surface area (Å²) in [6.07, 6.45) is 3.87. The van der Waals surface area contributed by atoms with Gasteiger partial charge >= 0.3 is 0 Å². The minimum Gasteiger partial charge on any atom is -0.399 e. The van der Waals surface area contributed by atoms with Gasteiger partial charge in [0.25, 0.3) is 0 Å². The average Bonchev–Trinajstić information content (AvgIpc) is 2.23. The van der Waals surface area contributed by atoms with E-state index in [0.29, 0.717) is 0 Å². The van der Waals surface area contributed by atoms with Gasteiger partial charge in [0.1, 0.15) is 0 Å². The number of hydrogen-bond donors (Lipinski definition) is 2. The van der Waals surface area contributed by atoms with Crippen LogP contribution in [0.2, 0.25) is 0 Å². The molecule has 2 nitrogen and oxygen atoms in total. The van der Waals surface area contributed by atoms with E-state index in [2.05, 4.69) is 17.4 Å². The Balaban J connectivity index is 0.00000112. The summed E-state index contributed by atoms with van der Waals surface area (Å²) in [5, 5.41) is 3.44. The molecule has 3 heteroatoms. The largest absolute Gasteiger partial charge is 0.399 e. The fourth-order valence-corrected chi connectivity index (χ4v) is 2.09. The molecule has 1 aromatic carbocycles. The van der Waals surface area contributed by atoms with Crippen molar-refractivity contribution < 1.29 is 0 Å². The van der Waals surface area contributed by atoms with E-state index >= 15 is 0 Å². The maximum atomic E-state index is 5.65. The van der Waals surface area contributed by atoms with E-state index in [9.17, 15) is 0 Å². The molecule has 1 atom stereocenters. The standard InChI is InChI=1S/C12H18N2.ClH/c13-12-5-3-10(4-6-12)8-11-2-1-7-14-9-11;/h3-6,11,14H,1-2,7-9,13H2;1H. The highest BCUT2D eigenvalue weighted by molar-refractivity contribution is 5.85. The Kier molecular flexibility index (Phi) is 4.92. The summed E-state index contributed by atoms with van der Waals surface area (Å²) in [7, 11) is 0. The quantitative estimate of drug-likeness (QED) is 0.760. The second kappa shape index (κ2) is 5.99. The van der Waals surface area contributed by atoms with Crippen molar-refractivity contribution in [1.29, 1.82) is 0 Å². The van der Waals surface area contributed by atoms with Gasteiger partial charge in [-0.1, -0.05) is 12.1 Å². The van der Waals surface area contributed by atoms with E-state index in [4.69, 9.17) is 5.73 Å². The highest BCUT2D eigenvalue weighted by atomic mass is 35.5. The molecule has 84 valence electrons. The first kappa shape index (κ1) is 12.3. The third kappa shape index (κ3) is 3.73. The molecule has 0 bridgehead atoms. The van der Waals surface area contributed by atoms with Gasteiger partial charge in [-0.15, -0.1) is 12.4 Å². The van der Waals surface area contributed by atoms with Gasteiger partial charge in [0, 0.05) is 5.69 Å². The zero-order valence-electron chi connectivity index (χ0n) is 8.91. The minimum absolute atomic E-state index is 0. The second-order valence-corrected chi connectivity index (χ2v) is 4.16. The number of rotatable bonds is 2. The van der Waals surface area contributed by atoms with Crippen LogP contribution in [0.1, 0.15) is 18.4 Å². The van der Waals surface area contributed by atoms with Crippen LogP contribution in [0.15, 0.2) is 24.3 Å². The highest BCUT2D eigenvalue weighted by Crippen LogP contribution is 2.17. The SMILES string of the molecule is Cl.Nc1ccc(CC2CCCNC2)cc1. The van der Waals surface area contributed by atoms with E-state index in [0.717, 1.165) is 11.6 Å². The van der Waals surface area contributed by atoms with Gasteiger partial charge in [0.15, 0.2) is 0 Å². The minimum atomic E-state index is 0. The first-order chi connectivity index (χ1) is 6.84. The summed E-state index contributed by atoms with van der Waals surface area (Å²) < 4.78 is 0. The first-order valence-corrected chi connectivity index (χ1v) is 5.40. The monoisotopic (exact) mass is 226 g/mol. The fourth-order valence-electron chi connectivity index (χ4n) is 2.09. The number of halogens is 1. The van der Waals surface area contributed by atoms with Gasteiger partial charge in [-0.25, -0.2) is 0 Å². The number of hydrogen-bond acceptors (Lipinski definition) is 2. The third-order valence-electron chi connectivity index (χ3n) is 2.90. The number of piperidine rings is 1. The molecule has 3 N–H and O–H groups in total. The van der Waals surface area contributed by atoms with Gasteiger partial charge < -0.3 is 11.1 Å². The summed E-state index contributed by atoms with van der Waals surface area (Å²) in [5.74, 6) is 0.812. The highest BCUT2D eigenvalue weighted by Gasteiger charge is 2.12. The number of nitrogen functional groups attached to an aromatic ring is 1. The molecule has 1 aliphatic heterocycles. The molecular weight excluding hydrogens is 208 g/mol. The van der Waals surface area contributed by atoms with Crippen molar-refractivity contribution in [2.24, 2.45) is 5.92 Å². The average molecular weight is 227 g/mol. The van der Waals surface area contributed by atoms with E-state index in [1.807, 2.05) is 12.1 Å². The van der Waals surface area contributed by atoms with Crippen LogP contribution in [0.5, 0.6) is 0 Å². The summed E-state index contributed by atoms with van der Waals surface area (Å²) in [5.41, 5.74) is 7.91. The maximum Gasteiger partial charge on any atom is 0.0314 e. The normalized spacial score (nSPS) is 20.7. The van der Waals surface area contributed by atoms with Crippen molar-refractivity contribution >= 4 is 18.1 Å².